The molecule has 0 saturated heterocycles. The van der Waals surface area contributed by atoms with Gasteiger partial charge in [-0.15, -0.1) is 0 Å². The molecule has 1 heterocycles. The lowest BCUT2D eigenvalue weighted by atomic mass is 10.1. The van der Waals surface area contributed by atoms with Crippen molar-refractivity contribution in [3.63, 3.8) is 0 Å². The molecule has 1 aliphatic heterocycles. The SMILES string of the molecule is COCOC[C@H]1COC([C]2[CH][CH][CH][CH]2)=N1. The van der Waals surface area contributed by atoms with E-state index in [2.05, 4.69) is 4.99 Å². The first kappa shape index (κ1) is 10.9. The minimum Gasteiger partial charge on any atom is -0.478 e. The molecule has 0 aromatic rings. The van der Waals surface area contributed by atoms with Crippen molar-refractivity contribution in [3.05, 3.63) is 31.6 Å². The smallest absolute Gasteiger partial charge is 0.191 e. The van der Waals surface area contributed by atoms with Gasteiger partial charge in [-0.25, -0.2) is 4.99 Å². The number of methoxy groups -OCH3 is 1. The van der Waals surface area contributed by atoms with Crippen LogP contribution in [0.4, 0.5) is 0 Å². The fraction of sp³-hybridized carbons (Fsp3) is 0.455. The van der Waals surface area contributed by atoms with E-state index in [4.69, 9.17) is 14.2 Å². The zero-order valence-corrected chi connectivity index (χ0v) is 8.68. The first-order valence-electron chi connectivity index (χ1n) is 4.89. The van der Waals surface area contributed by atoms with E-state index in [0.29, 0.717) is 25.9 Å². The predicted octanol–water partition coefficient (Wildman–Crippen LogP) is 0.809. The number of hydrogen-bond acceptors (Lipinski definition) is 4. The van der Waals surface area contributed by atoms with Crippen LogP contribution in [-0.4, -0.2) is 39.1 Å². The molecule has 5 radical (unpaired) electrons. The second-order valence-corrected chi connectivity index (χ2v) is 3.35. The van der Waals surface area contributed by atoms with E-state index in [1.807, 2.05) is 25.7 Å². The largest absolute Gasteiger partial charge is 0.478 e. The summed E-state index contributed by atoms with van der Waals surface area (Å²) >= 11 is 0. The Morgan fingerprint density at radius 3 is 3.00 bits per heavy atom. The van der Waals surface area contributed by atoms with Crippen LogP contribution in [0.5, 0.6) is 0 Å². The molecular formula is C11H14NO3. The first-order valence-corrected chi connectivity index (χ1v) is 4.89. The third kappa shape index (κ3) is 2.92. The lowest BCUT2D eigenvalue weighted by Gasteiger charge is -2.05. The monoisotopic (exact) mass is 208 g/mol. The van der Waals surface area contributed by atoms with Crippen LogP contribution in [0.1, 0.15) is 0 Å². The Morgan fingerprint density at radius 1 is 1.47 bits per heavy atom. The average molecular weight is 208 g/mol. The lowest BCUT2D eigenvalue weighted by molar-refractivity contribution is -0.0360. The van der Waals surface area contributed by atoms with Crippen molar-refractivity contribution in [3.8, 4) is 0 Å². The van der Waals surface area contributed by atoms with Crippen LogP contribution in [0.15, 0.2) is 4.99 Å². The Morgan fingerprint density at radius 2 is 2.27 bits per heavy atom. The van der Waals surface area contributed by atoms with Gasteiger partial charge in [-0.05, 0) is 25.7 Å². The number of aliphatic imine (C=N–C) groups is 1. The standard InChI is InChI=1S/C11H14NO3/c1-13-8-14-6-10-7-15-11(12-10)9-4-2-3-5-9/h2-5,10H,6-8H2,1H3/t10-/m0/s1. The topological polar surface area (TPSA) is 40.0 Å². The van der Waals surface area contributed by atoms with Crippen LogP contribution >= 0.6 is 0 Å². The van der Waals surface area contributed by atoms with E-state index in [9.17, 15) is 0 Å². The molecule has 4 nitrogen and oxygen atoms in total. The molecule has 1 saturated carbocycles. The Hall–Kier alpha value is -0.610. The van der Waals surface area contributed by atoms with Gasteiger partial charge in [0.1, 0.15) is 19.4 Å². The summed E-state index contributed by atoms with van der Waals surface area (Å²) in [6.07, 6.45) is 7.90. The van der Waals surface area contributed by atoms with E-state index in [0.717, 1.165) is 5.92 Å². The van der Waals surface area contributed by atoms with E-state index >= 15 is 0 Å². The highest BCUT2D eigenvalue weighted by atomic mass is 16.7. The summed E-state index contributed by atoms with van der Waals surface area (Å²) in [7, 11) is 1.60. The summed E-state index contributed by atoms with van der Waals surface area (Å²) < 4.78 is 15.5. The van der Waals surface area contributed by atoms with Crippen LogP contribution < -0.4 is 0 Å². The summed E-state index contributed by atoms with van der Waals surface area (Å²) in [6.45, 7) is 1.43. The minimum absolute atomic E-state index is 0.0880. The van der Waals surface area contributed by atoms with Crippen LogP contribution in [0.25, 0.3) is 0 Å². The van der Waals surface area contributed by atoms with Gasteiger partial charge in [0, 0.05) is 7.11 Å². The van der Waals surface area contributed by atoms with Gasteiger partial charge < -0.3 is 14.2 Å². The number of ether oxygens (including phenoxy) is 3. The van der Waals surface area contributed by atoms with Crippen molar-refractivity contribution in [2.24, 2.45) is 4.99 Å². The molecule has 4 heteroatoms. The molecule has 0 aromatic carbocycles. The Balaban J connectivity index is 1.75. The maximum absolute atomic E-state index is 5.47. The third-order valence-electron chi connectivity index (χ3n) is 2.13. The second kappa shape index (κ2) is 5.47. The normalized spacial score (nSPS) is 26.7. The number of hydrogen-bond donors (Lipinski definition) is 0. The lowest BCUT2D eigenvalue weighted by Crippen LogP contribution is -2.15. The van der Waals surface area contributed by atoms with Crippen molar-refractivity contribution in [2.75, 3.05) is 27.1 Å². The maximum Gasteiger partial charge on any atom is 0.191 e. The van der Waals surface area contributed by atoms with Gasteiger partial charge in [0.25, 0.3) is 0 Å². The van der Waals surface area contributed by atoms with Crippen LogP contribution in [0.3, 0.4) is 0 Å². The highest BCUT2D eigenvalue weighted by Crippen LogP contribution is 2.27. The van der Waals surface area contributed by atoms with Crippen LogP contribution in [0, 0.1) is 31.6 Å². The van der Waals surface area contributed by atoms with Crippen molar-refractivity contribution in [2.45, 2.75) is 6.04 Å². The molecule has 0 N–H and O–H groups in total. The third-order valence-corrected chi connectivity index (χ3v) is 2.13. The molecule has 1 fully saturated rings. The van der Waals surface area contributed by atoms with Crippen molar-refractivity contribution in [1.29, 1.82) is 0 Å². The van der Waals surface area contributed by atoms with Crippen molar-refractivity contribution in [1.82, 2.24) is 0 Å². The minimum atomic E-state index is 0.0880. The number of nitrogens with zero attached hydrogens (tertiary/aromatic N) is 1. The van der Waals surface area contributed by atoms with E-state index < -0.39 is 0 Å². The highest BCUT2D eigenvalue weighted by Gasteiger charge is 2.29. The molecular weight excluding hydrogens is 194 g/mol. The zero-order valence-electron chi connectivity index (χ0n) is 8.68. The Bertz CT molecular complexity index is 224. The Labute approximate surface area is 90.6 Å². The summed E-state index contributed by atoms with van der Waals surface area (Å²) in [4.78, 5) is 4.42. The highest BCUT2D eigenvalue weighted by molar-refractivity contribution is 5.96. The van der Waals surface area contributed by atoms with E-state index in [-0.39, 0.29) is 6.04 Å². The van der Waals surface area contributed by atoms with E-state index in [1.54, 1.807) is 7.11 Å². The molecule has 0 spiro atoms. The van der Waals surface area contributed by atoms with Gasteiger partial charge in [0.15, 0.2) is 5.90 Å². The van der Waals surface area contributed by atoms with Gasteiger partial charge >= 0.3 is 0 Å². The molecule has 2 aliphatic rings. The van der Waals surface area contributed by atoms with Gasteiger partial charge in [0.2, 0.25) is 0 Å². The van der Waals surface area contributed by atoms with Crippen LogP contribution in [0.2, 0.25) is 0 Å². The Kier molecular flexibility index (Phi) is 3.97. The summed E-state index contributed by atoms with van der Waals surface area (Å²) in [5.41, 5.74) is 0. The molecule has 1 atom stereocenters. The van der Waals surface area contributed by atoms with Gasteiger partial charge in [0.05, 0.1) is 12.5 Å². The fourth-order valence-corrected chi connectivity index (χ4v) is 1.44. The maximum atomic E-state index is 5.47. The predicted molar refractivity (Wildman–Crippen MR) is 55.4 cm³/mol. The molecule has 15 heavy (non-hydrogen) atoms. The number of rotatable bonds is 5. The summed E-state index contributed by atoms with van der Waals surface area (Å²) in [5, 5.41) is 0. The second-order valence-electron chi connectivity index (χ2n) is 3.35. The average Bonchev–Trinajstić information content (AvgIpc) is 2.87. The summed E-state index contributed by atoms with van der Waals surface area (Å²) in [6, 6.07) is 0.0880. The molecule has 0 aromatic heterocycles. The molecule has 2 rings (SSSR count). The molecule has 0 amide bonds. The van der Waals surface area contributed by atoms with Crippen molar-refractivity contribution < 1.29 is 14.2 Å². The fourth-order valence-electron chi connectivity index (χ4n) is 1.44. The van der Waals surface area contributed by atoms with Gasteiger partial charge in [-0.2, -0.15) is 0 Å². The molecule has 81 valence electrons. The molecule has 1 aliphatic carbocycles. The molecule has 0 bridgehead atoms. The zero-order chi connectivity index (χ0) is 10.5. The quantitative estimate of drug-likeness (QED) is 0.496. The molecule has 0 unspecified atom stereocenters. The van der Waals surface area contributed by atoms with Gasteiger partial charge in [-0.1, -0.05) is 0 Å². The van der Waals surface area contributed by atoms with Crippen molar-refractivity contribution >= 4 is 5.90 Å². The van der Waals surface area contributed by atoms with E-state index in [1.165, 1.54) is 0 Å². The first-order chi connectivity index (χ1) is 7.40. The van der Waals surface area contributed by atoms with Crippen LogP contribution in [-0.2, 0) is 14.2 Å². The van der Waals surface area contributed by atoms with Gasteiger partial charge in [-0.3, -0.25) is 0 Å². The summed E-state index contributed by atoms with van der Waals surface area (Å²) in [5.74, 6) is 1.75.